The van der Waals surface area contributed by atoms with E-state index in [9.17, 15) is 9.90 Å². The second-order valence-electron chi connectivity index (χ2n) is 12.1. The lowest BCUT2D eigenvalue weighted by Crippen LogP contribution is -2.49. The molecule has 2 N–H and O–H groups in total. The molecule has 4 fully saturated rings. The largest absolute Gasteiger partial charge is 0.393 e. The first-order valence-corrected chi connectivity index (χ1v) is 12.8. The molecular formula is C27H39NO3. The zero-order valence-electron chi connectivity index (χ0n) is 19.6. The number of carbonyl (C=O) groups excluding carboxylic acids is 1. The predicted octanol–water partition coefficient (Wildman–Crippen LogP) is 4.18. The highest BCUT2D eigenvalue weighted by Gasteiger charge is 2.63. The fourth-order valence-electron chi connectivity index (χ4n) is 8.93. The summed E-state index contributed by atoms with van der Waals surface area (Å²) in [6.07, 6.45) is 9.23. The van der Waals surface area contributed by atoms with Crippen LogP contribution in [0.3, 0.4) is 0 Å². The topological polar surface area (TPSA) is 58.6 Å². The maximum atomic E-state index is 14.1. The number of hydrogen-bond acceptors (Lipinski definition) is 4. The van der Waals surface area contributed by atoms with Gasteiger partial charge in [-0.2, -0.15) is 0 Å². The summed E-state index contributed by atoms with van der Waals surface area (Å²) in [7, 11) is 0. The van der Waals surface area contributed by atoms with Gasteiger partial charge in [-0.05, 0) is 87.2 Å². The number of aliphatic hydroxyl groups excluding tert-OH is 1. The molecule has 10 atom stereocenters. The summed E-state index contributed by atoms with van der Waals surface area (Å²) in [6.45, 7) is 10.3. The Balaban J connectivity index is 1.39. The molecule has 0 aromatic heterocycles. The van der Waals surface area contributed by atoms with Crippen molar-refractivity contribution in [3.8, 4) is 0 Å². The SMILES string of the molecule is CC1=C2C(=O)C3C(CC=C4C[C@@H](O)CCC43C)C2CCC12O[C@@H]1CC(C)CNC1[C@H]2C. The molecule has 6 aliphatic rings. The average molecular weight is 426 g/mol. The summed E-state index contributed by atoms with van der Waals surface area (Å²) < 4.78 is 6.93. The number of Topliss-reactive ketones (excluding diaryl/α,β-unsaturated/α-hetero) is 1. The average Bonchev–Trinajstić information content (AvgIpc) is 3.18. The summed E-state index contributed by atoms with van der Waals surface area (Å²) in [5.74, 6) is 2.41. The number of nitrogens with one attached hydrogen (secondary N) is 1. The van der Waals surface area contributed by atoms with Crippen LogP contribution < -0.4 is 5.32 Å². The van der Waals surface area contributed by atoms with Crippen molar-refractivity contribution in [2.24, 2.45) is 35.0 Å². The molecule has 6 rings (SSSR count). The normalized spacial score (nSPS) is 53.7. The first-order valence-electron chi connectivity index (χ1n) is 12.8. The molecule has 0 bridgehead atoms. The van der Waals surface area contributed by atoms with Crippen LogP contribution in [-0.4, -0.2) is 41.3 Å². The second-order valence-corrected chi connectivity index (χ2v) is 12.1. The van der Waals surface area contributed by atoms with Gasteiger partial charge in [0.1, 0.15) is 0 Å². The number of fused-ring (bicyclic) bond motifs is 6. The van der Waals surface area contributed by atoms with Crippen LogP contribution in [0.4, 0.5) is 0 Å². The number of rotatable bonds is 0. The minimum atomic E-state index is -0.263. The van der Waals surface area contributed by atoms with Crippen molar-refractivity contribution < 1.29 is 14.6 Å². The van der Waals surface area contributed by atoms with Crippen LogP contribution in [0.15, 0.2) is 22.8 Å². The van der Waals surface area contributed by atoms with Gasteiger partial charge in [0.25, 0.3) is 0 Å². The summed E-state index contributed by atoms with van der Waals surface area (Å²) in [5.41, 5.74) is 3.43. The molecule has 4 heteroatoms. The first kappa shape index (κ1) is 20.6. The van der Waals surface area contributed by atoms with Gasteiger partial charge in [0.15, 0.2) is 5.78 Å². The van der Waals surface area contributed by atoms with E-state index in [1.807, 2.05) is 0 Å². The third-order valence-electron chi connectivity index (χ3n) is 10.6. The number of hydrogen-bond donors (Lipinski definition) is 2. The highest BCUT2D eigenvalue weighted by atomic mass is 16.5. The lowest BCUT2D eigenvalue weighted by molar-refractivity contribution is -0.123. The molecule has 4 aliphatic carbocycles. The van der Waals surface area contributed by atoms with E-state index in [4.69, 9.17) is 4.74 Å². The molecular weight excluding hydrogens is 386 g/mol. The molecule has 7 unspecified atom stereocenters. The van der Waals surface area contributed by atoms with Crippen molar-refractivity contribution in [2.75, 3.05) is 6.54 Å². The van der Waals surface area contributed by atoms with Crippen molar-refractivity contribution in [3.05, 3.63) is 22.8 Å². The lowest BCUT2D eigenvalue weighted by Gasteiger charge is -2.48. The van der Waals surface area contributed by atoms with Crippen molar-refractivity contribution >= 4 is 5.78 Å². The van der Waals surface area contributed by atoms with Crippen LogP contribution in [0.5, 0.6) is 0 Å². The molecule has 31 heavy (non-hydrogen) atoms. The van der Waals surface area contributed by atoms with E-state index in [1.165, 1.54) is 11.1 Å². The van der Waals surface area contributed by atoms with Gasteiger partial charge in [-0.1, -0.05) is 32.4 Å². The van der Waals surface area contributed by atoms with Crippen LogP contribution in [-0.2, 0) is 9.53 Å². The first-order chi connectivity index (χ1) is 14.8. The molecule has 1 spiro atoms. The monoisotopic (exact) mass is 425 g/mol. The minimum Gasteiger partial charge on any atom is -0.393 e. The Morgan fingerprint density at radius 3 is 2.84 bits per heavy atom. The van der Waals surface area contributed by atoms with Gasteiger partial charge in [-0.15, -0.1) is 0 Å². The van der Waals surface area contributed by atoms with Gasteiger partial charge in [0.05, 0.1) is 17.8 Å². The Morgan fingerprint density at radius 1 is 1.23 bits per heavy atom. The zero-order valence-corrected chi connectivity index (χ0v) is 19.6. The summed E-state index contributed by atoms with van der Waals surface area (Å²) in [6, 6.07) is 0.410. The Bertz CT molecular complexity index is 876. The Labute approximate surface area is 186 Å². The molecule has 2 saturated heterocycles. The molecule has 0 amide bonds. The van der Waals surface area contributed by atoms with E-state index in [0.717, 1.165) is 57.1 Å². The van der Waals surface area contributed by atoms with Crippen LogP contribution >= 0.6 is 0 Å². The molecule has 170 valence electrons. The number of aliphatic hydroxyl groups is 1. The molecule has 0 radical (unpaired) electrons. The summed E-state index contributed by atoms with van der Waals surface area (Å²) in [4.78, 5) is 14.1. The number of allylic oxidation sites excluding steroid dienone is 2. The van der Waals surface area contributed by atoms with E-state index in [1.54, 1.807) is 0 Å². The maximum Gasteiger partial charge on any atom is 0.163 e. The number of ketones is 1. The fraction of sp³-hybridized carbons (Fsp3) is 0.815. The Morgan fingerprint density at radius 2 is 2.03 bits per heavy atom. The van der Waals surface area contributed by atoms with E-state index >= 15 is 0 Å². The van der Waals surface area contributed by atoms with Crippen LogP contribution in [0, 0.1) is 35.0 Å². The van der Waals surface area contributed by atoms with Crippen LogP contribution in [0.2, 0.25) is 0 Å². The minimum absolute atomic E-state index is 0.0653. The molecule has 2 heterocycles. The van der Waals surface area contributed by atoms with Crippen molar-refractivity contribution in [2.45, 2.75) is 96.5 Å². The smallest absolute Gasteiger partial charge is 0.163 e. The number of piperidine rings is 1. The van der Waals surface area contributed by atoms with E-state index in [2.05, 4.69) is 39.1 Å². The van der Waals surface area contributed by atoms with Crippen molar-refractivity contribution in [3.63, 3.8) is 0 Å². The van der Waals surface area contributed by atoms with Gasteiger partial charge in [0, 0.05) is 23.5 Å². The Hall–Kier alpha value is -0.970. The standard InChI is InChI=1S/C27H39NO3/c1-14-11-21-24(28-13-14)16(3)27(31-21)10-8-19-20-6-5-17-12-18(29)7-9-26(17,4)23(20)25(30)22(19)15(27)2/h5,14,16,18-21,23-24,28-29H,6-13H2,1-4H3/t14?,16-,18+,19?,20?,21-,23?,24?,26?,27?/m1/s1. The van der Waals surface area contributed by atoms with Gasteiger partial charge in [0.2, 0.25) is 0 Å². The third kappa shape index (κ3) is 2.62. The third-order valence-corrected chi connectivity index (χ3v) is 10.6. The van der Waals surface area contributed by atoms with E-state index < -0.39 is 0 Å². The van der Waals surface area contributed by atoms with E-state index in [-0.39, 0.29) is 29.1 Å². The predicted molar refractivity (Wildman–Crippen MR) is 120 cm³/mol. The number of carbonyl (C=O) groups is 1. The lowest BCUT2D eigenvalue weighted by atomic mass is 9.56. The van der Waals surface area contributed by atoms with Crippen LogP contribution in [0.25, 0.3) is 0 Å². The molecule has 2 saturated carbocycles. The van der Waals surface area contributed by atoms with Gasteiger partial charge in [-0.3, -0.25) is 4.79 Å². The van der Waals surface area contributed by atoms with Crippen molar-refractivity contribution in [1.82, 2.24) is 5.32 Å². The fourth-order valence-corrected chi connectivity index (χ4v) is 8.93. The maximum absolute atomic E-state index is 14.1. The molecule has 0 aromatic rings. The van der Waals surface area contributed by atoms with Gasteiger partial charge < -0.3 is 15.2 Å². The Kier molecular flexibility index (Phi) is 4.51. The van der Waals surface area contributed by atoms with Crippen molar-refractivity contribution in [1.29, 1.82) is 0 Å². The highest BCUT2D eigenvalue weighted by Crippen LogP contribution is 2.63. The molecule has 2 aliphatic heterocycles. The summed E-state index contributed by atoms with van der Waals surface area (Å²) in [5, 5.41) is 14.0. The highest BCUT2D eigenvalue weighted by molar-refractivity contribution is 6.02. The van der Waals surface area contributed by atoms with Crippen LogP contribution in [0.1, 0.15) is 72.6 Å². The van der Waals surface area contributed by atoms with Gasteiger partial charge in [-0.25, -0.2) is 0 Å². The number of ether oxygens (including phenoxy) is 1. The van der Waals surface area contributed by atoms with Gasteiger partial charge >= 0.3 is 0 Å². The molecule has 0 aromatic carbocycles. The summed E-state index contributed by atoms with van der Waals surface area (Å²) >= 11 is 0. The second kappa shape index (κ2) is 6.77. The molecule has 4 nitrogen and oxygen atoms in total. The van der Waals surface area contributed by atoms with E-state index in [0.29, 0.717) is 35.5 Å². The zero-order chi connectivity index (χ0) is 21.7. The quantitative estimate of drug-likeness (QED) is 0.572.